The molecule has 1 aromatic rings. The smallest absolute Gasteiger partial charge is 0.125 e. The number of ether oxygens (including phenoxy) is 1. The Morgan fingerprint density at radius 3 is 2.95 bits per heavy atom. The highest BCUT2D eigenvalue weighted by atomic mass is 79.9. The number of hydrogen-bond donors (Lipinski definition) is 1. The van der Waals surface area contributed by atoms with Gasteiger partial charge >= 0.3 is 0 Å². The fourth-order valence-corrected chi connectivity index (χ4v) is 3.86. The maximum atomic E-state index is 5.87. The fraction of sp³-hybridized carbons (Fsp3) is 0.647. The second-order valence-electron chi connectivity index (χ2n) is 6.11. The van der Waals surface area contributed by atoms with E-state index < -0.39 is 0 Å². The van der Waals surface area contributed by atoms with E-state index in [9.17, 15) is 0 Å². The van der Waals surface area contributed by atoms with Crippen LogP contribution in [0.3, 0.4) is 0 Å². The highest BCUT2D eigenvalue weighted by molar-refractivity contribution is 9.10. The first kappa shape index (κ1) is 14.4. The summed E-state index contributed by atoms with van der Waals surface area (Å²) in [6.45, 7) is 4.21. The third kappa shape index (κ3) is 3.04. The van der Waals surface area contributed by atoms with Crippen LogP contribution in [0.4, 0.5) is 0 Å². The molecule has 110 valence electrons. The molecule has 0 bridgehead atoms. The van der Waals surface area contributed by atoms with Gasteiger partial charge in [-0.15, -0.1) is 0 Å². The Morgan fingerprint density at radius 1 is 1.40 bits per heavy atom. The second kappa shape index (κ2) is 6.48. The Labute approximate surface area is 130 Å². The predicted molar refractivity (Wildman–Crippen MR) is 86.5 cm³/mol. The summed E-state index contributed by atoms with van der Waals surface area (Å²) < 4.78 is 7.07. The fourth-order valence-electron chi connectivity index (χ4n) is 3.31. The van der Waals surface area contributed by atoms with E-state index in [2.05, 4.69) is 40.3 Å². The molecular weight excluding hydrogens is 314 g/mol. The first-order chi connectivity index (χ1) is 9.78. The number of halogens is 1. The lowest BCUT2D eigenvalue weighted by Crippen LogP contribution is -2.41. The maximum absolute atomic E-state index is 5.87. The molecule has 3 heteroatoms. The summed E-state index contributed by atoms with van der Waals surface area (Å²) in [5.74, 6) is 2.02. The van der Waals surface area contributed by atoms with Crippen LogP contribution >= 0.6 is 15.9 Å². The molecule has 0 aromatic heterocycles. The van der Waals surface area contributed by atoms with E-state index in [0.717, 1.165) is 37.7 Å². The summed E-state index contributed by atoms with van der Waals surface area (Å²) in [4.78, 5) is 0. The zero-order chi connectivity index (χ0) is 13.9. The monoisotopic (exact) mass is 337 g/mol. The van der Waals surface area contributed by atoms with E-state index in [0.29, 0.717) is 6.04 Å². The average Bonchev–Trinajstić information content (AvgIpc) is 2.81. The minimum absolute atomic E-state index is 0.617. The van der Waals surface area contributed by atoms with Crippen LogP contribution in [0.2, 0.25) is 0 Å². The molecule has 0 spiro atoms. The van der Waals surface area contributed by atoms with E-state index in [1.807, 2.05) is 0 Å². The molecule has 0 radical (unpaired) electrons. The Hall–Kier alpha value is -0.540. The summed E-state index contributed by atoms with van der Waals surface area (Å²) in [6, 6.07) is 5.08. The summed E-state index contributed by atoms with van der Waals surface area (Å²) in [6.07, 6.45) is 7.54. The molecule has 1 aromatic carbocycles. The molecule has 1 aliphatic carbocycles. The largest absolute Gasteiger partial charge is 0.493 e. The van der Waals surface area contributed by atoms with Gasteiger partial charge in [0.25, 0.3) is 0 Å². The first-order valence-electron chi connectivity index (χ1n) is 7.95. The van der Waals surface area contributed by atoms with Crippen LogP contribution in [0.15, 0.2) is 16.6 Å². The van der Waals surface area contributed by atoms with Gasteiger partial charge in [-0.25, -0.2) is 0 Å². The molecule has 1 N–H and O–H groups in total. The Balaban J connectivity index is 1.77. The lowest BCUT2D eigenvalue weighted by atomic mass is 9.77. The molecular formula is C17H24BrNO. The van der Waals surface area contributed by atoms with Crippen molar-refractivity contribution >= 4 is 15.9 Å². The summed E-state index contributed by atoms with van der Waals surface area (Å²) >= 11 is 3.65. The molecule has 0 amide bonds. The quantitative estimate of drug-likeness (QED) is 0.843. The lowest BCUT2D eigenvalue weighted by molar-refractivity contribution is 0.226. The summed E-state index contributed by atoms with van der Waals surface area (Å²) in [5, 5.41) is 3.76. The van der Waals surface area contributed by atoms with Crippen LogP contribution in [0.5, 0.6) is 5.75 Å². The third-order valence-corrected chi connectivity index (χ3v) is 5.10. The molecule has 2 aliphatic rings. The number of fused-ring (bicyclic) bond motifs is 1. The van der Waals surface area contributed by atoms with Gasteiger partial charge in [0.2, 0.25) is 0 Å². The molecule has 1 atom stereocenters. The summed E-state index contributed by atoms with van der Waals surface area (Å²) in [5.41, 5.74) is 2.75. The van der Waals surface area contributed by atoms with E-state index >= 15 is 0 Å². The molecule has 3 rings (SSSR count). The van der Waals surface area contributed by atoms with Crippen molar-refractivity contribution in [3.8, 4) is 5.75 Å². The first-order valence-corrected chi connectivity index (χ1v) is 8.74. The van der Waals surface area contributed by atoms with Crippen molar-refractivity contribution in [2.24, 2.45) is 5.92 Å². The Morgan fingerprint density at radius 2 is 2.25 bits per heavy atom. The Kier molecular flexibility index (Phi) is 4.67. The van der Waals surface area contributed by atoms with Gasteiger partial charge < -0.3 is 10.1 Å². The molecule has 2 nitrogen and oxygen atoms in total. The van der Waals surface area contributed by atoms with Gasteiger partial charge in [-0.05, 0) is 61.4 Å². The van der Waals surface area contributed by atoms with Crippen molar-refractivity contribution in [1.82, 2.24) is 5.32 Å². The molecule has 1 unspecified atom stereocenters. The van der Waals surface area contributed by atoms with Gasteiger partial charge in [0.1, 0.15) is 5.75 Å². The topological polar surface area (TPSA) is 21.3 Å². The van der Waals surface area contributed by atoms with Gasteiger partial charge in [-0.3, -0.25) is 0 Å². The van der Waals surface area contributed by atoms with Gasteiger partial charge in [-0.1, -0.05) is 29.3 Å². The normalized spacial score (nSPS) is 19.3. The molecule has 1 saturated carbocycles. The zero-order valence-corrected chi connectivity index (χ0v) is 13.8. The standard InChI is InChI=1S/C17H24BrNO/c1-2-7-19-16(12-4-3-5-12)11-14-10-15(18)9-13-6-8-20-17(13)14/h9-10,12,16,19H,2-8,11H2,1H3. The summed E-state index contributed by atoms with van der Waals surface area (Å²) in [7, 11) is 0. The van der Waals surface area contributed by atoms with Crippen LogP contribution in [-0.4, -0.2) is 19.2 Å². The van der Waals surface area contributed by atoms with Crippen LogP contribution < -0.4 is 10.1 Å². The number of rotatable bonds is 6. The van der Waals surface area contributed by atoms with Crippen LogP contribution in [0.25, 0.3) is 0 Å². The van der Waals surface area contributed by atoms with E-state index in [-0.39, 0.29) is 0 Å². The minimum atomic E-state index is 0.617. The van der Waals surface area contributed by atoms with Crippen LogP contribution in [0, 0.1) is 5.92 Å². The SMILES string of the molecule is CCCNC(Cc1cc(Br)cc2c1OCC2)C1CCC1. The highest BCUT2D eigenvalue weighted by Gasteiger charge is 2.28. The second-order valence-corrected chi connectivity index (χ2v) is 7.02. The molecule has 1 heterocycles. The molecule has 0 saturated heterocycles. The van der Waals surface area contributed by atoms with Gasteiger partial charge in [0.05, 0.1) is 6.61 Å². The van der Waals surface area contributed by atoms with Crippen LogP contribution in [-0.2, 0) is 12.8 Å². The third-order valence-electron chi connectivity index (χ3n) is 4.64. The van der Waals surface area contributed by atoms with Crippen molar-refractivity contribution in [1.29, 1.82) is 0 Å². The van der Waals surface area contributed by atoms with Gasteiger partial charge in [0.15, 0.2) is 0 Å². The van der Waals surface area contributed by atoms with Crippen molar-refractivity contribution in [3.63, 3.8) is 0 Å². The number of hydrogen-bond acceptors (Lipinski definition) is 2. The Bertz CT molecular complexity index is 470. The molecule has 20 heavy (non-hydrogen) atoms. The maximum Gasteiger partial charge on any atom is 0.125 e. The van der Waals surface area contributed by atoms with Crippen LogP contribution in [0.1, 0.15) is 43.7 Å². The minimum Gasteiger partial charge on any atom is -0.493 e. The van der Waals surface area contributed by atoms with Crippen molar-refractivity contribution < 1.29 is 4.74 Å². The number of nitrogens with one attached hydrogen (secondary N) is 1. The van der Waals surface area contributed by atoms with Crippen molar-refractivity contribution in [2.75, 3.05) is 13.2 Å². The van der Waals surface area contributed by atoms with E-state index in [1.165, 1.54) is 41.3 Å². The molecule has 1 aliphatic heterocycles. The highest BCUT2D eigenvalue weighted by Crippen LogP contribution is 2.37. The van der Waals surface area contributed by atoms with E-state index in [1.54, 1.807) is 0 Å². The predicted octanol–water partition coefficient (Wildman–Crippen LogP) is 4.09. The number of benzene rings is 1. The van der Waals surface area contributed by atoms with Crippen molar-refractivity contribution in [2.45, 2.75) is 51.5 Å². The average molecular weight is 338 g/mol. The zero-order valence-electron chi connectivity index (χ0n) is 12.3. The van der Waals surface area contributed by atoms with E-state index in [4.69, 9.17) is 4.74 Å². The van der Waals surface area contributed by atoms with Gasteiger partial charge in [0, 0.05) is 16.9 Å². The van der Waals surface area contributed by atoms with Gasteiger partial charge in [-0.2, -0.15) is 0 Å². The van der Waals surface area contributed by atoms with Crippen molar-refractivity contribution in [3.05, 3.63) is 27.7 Å². The molecule has 1 fully saturated rings. The lowest BCUT2D eigenvalue weighted by Gasteiger charge is -2.35.